The number of nitrogens with zero attached hydrogens (tertiary/aromatic N) is 6. The number of aryl methyl sites for hydroxylation is 3. The van der Waals surface area contributed by atoms with Crippen LogP contribution in [0.4, 0.5) is 0 Å². The molecule has 0 aliphatic rings. The summed E-state index contributed by atoms with van der Waals surface area (Å²) in [6.07, 6.45) is 5.00. The summed E-state index contributed by atoms with van der Waals surface area (Å²) < 4.78 is 0. The molecule has 2 heterocycles. The summed E-state index contributed by atoms with van der Waals surface area (Å²) in [4.78, 5) is 3.04. The average molecular weight is 210 g/mol. The lowest BCUT2D eigenvalue weighted by Gasteiger charge is -1.77. The minimum atomic E-state index is 0.961. The second kappa shape index (κ2) is 7.66. The first-order chi connectivity index (χ1) is 7.18. The first-order valence-corrected chi connectivity index (χ1v) is 4.81. The molecule has 0 N–H and O–H groups in total. The molecule has 0 unspecified atom stereocenters. The maximum atomic E-state index is 3.92. The van der Waals surface area contributed by atoms with Crippen LogP contribution < -0.4 is 0 Å². The van der Waals surface area contributed by atoms with Gasteiger partial charge in [0.25, 0.3) is 0 Å². The Morgan fingerprint density at radius 2 is 1.47 bits per heavy atom. The van der Waals surface area contributed by atoms with Crippen molar-refractivity contribution in [1.82, 2.24) is 30.0 Å². The normalized spacial score (nSPS) is 8.33. The fourth-order valence-corrected chi connectivity index (χ4v) is 0.729. The monoisotopic (exact) mass is 210 g/mol. The van der Waals surface area contributed by atoms with Crippen LogP contribution in [0.25, 0.3) is 0 Å². The third-order valence-corrected chi connectivity index (χ3v) is 1.25. The van der Waals surface area contributed by atoms with Crippen molar-refractivity contribution < 1.29 is 0 Å². The van der Waals surface area contributed by atoms with Gasteiger partial charge in [0.05, 0.1) is 24.3 Å². The first-order valence-electron chi connectivity index (χ1n) is 4.81. The molecular formula is C9H18N6. The number of aromatic nitrogens is 6. The van der Waals surface area contributed by atoms with Crippen molar-refractivity contribution in [1.29, 1.82) is 0 Å². The molecule has 0 spiro atoms. The third kappa shape index (κ3) is 6.36. The van der Waals surface area contributed by atoms with E-state index >= 15 is 0 Å². The zero-order valence-corrected chi connectivity index (χ0v) is 9.92. The summed E-state index contributed by atoms with van der Waals surface area (Å²) in [5.74, 6) is 0. The van der Waals surface area contributed by atoms with Crippen LogP contribution in [0.5, 0.6) is 0 Å². The van der Waals surface area contributed by atoms with E-state index < -0.39 is 0 Å². The van der Waals surface area contributed by atoms with Crippen molar-refractivity contribution in [2.45, 2.75) is 20.8 Å². The van der Waals surface area contributed by atoms with Gasteiger partial charge in [-0.05, 0) is 6.92 Å². The number of hydrogen-bond acceptors (Lipinski definition) is 4. The summed E-state index contributed by atoms with van der Waals surface area (Å²) in [5, 5.41) is 15.2. The zero-order valence-electron chi connectivity index (χ0n) is 9.92. The summed E-state index contributed by atoms with van der Waals surface area (Å²) in [6, 6.07) is 0. The molecule has 0 amide bonds. The molecule has 0 aliphatic heterocycles. The van der Waals surface area contributed by atoms with Crippen LogP contribution in [0.3, 0.4) is 0 Å². The van der Waals surface area contributed by atoms with E-state index in [4.69, 9.17) is 0 Å². The fraction of sp³-hybridized carbons (Fsp3) is 0.556. The standard InChI is InChI=1S/C4H7N3.C3H5N3.C2H6/c1-4-3-5-7(2)6-4;1-6-4-2-3-5-6;1-2/h3H,1-2H3;2-3H,1H3;1-2H3. The van der Waals surface area contributed by atoms with Gasteiger partial charge in [-0.15, -0.1) is 0 Å². The van der Waals surface area contributed by atoms with Gasteiger partial charge in [-0.2, -0.15) is 30.0 Å². The number of hydrogen-bond donors (Lipinski definition) is 0. The van der Waals surface area contributed by atoms with Gasteiger partial charge in [0, 0.05) is 14.1 Å². The van der Waals surface area contributed by atoms with E-state index in [9.17, 15) is 0 Å². The molecule has 15 heavy (non-hydrogen) atoms. The van der Waals surface area contributed by atoms with Crippen LogP contribution in [-0.4, -0.2) is 30.0 Å². The molecule has 0 radical (unpaired) electrons. The second-order valence-electron chi connectivity index (χ2n) is 2.49. The van der Waals surface area contributed by atoms with Crippen molar-refractivity contribution in [2.75, 3.05) is 0 Å². The van der Waals surface area contributed by atoms with Gasteiger partial charge in [-0.3, -0.25) is 0 Å². The third-order valence-electron chi connectivity index (χ3n) is 1.25. The molecule has 0 aliphatic carbocycles. The maximum Gasteiger partial charge on any atom is 0.0796 e. The molecule has 0 atom stereocenters. The molecule has 2 aromatic rings. The van der Waals surface area contributed by atoms with Crippen LogP contribution in [0.2, 0.25) is 0 Å². The van der Waals surface area contributed by atoms with Gasteiger partial charge < -0.3 is 0 Å². The number of rotatable bonds is 0. The predicted octanol–water partition coefficient (Wildman–Crippen LogP) is 0.965. The highest BCUT2D eigenvalue weighted by molar-refractivity contribution is 4.84. The molecule has 2 aromatic heterocycles. The van der Waals surface area contributed by atoms with Crippen LogP contribution in [0.15, 0.2) is 18.6 Å². The van der Waals surface area contributed by atoms with E-state index in [0.717, 1.165) is 5.69 Å². The van der Waals surface area contributed by atoms with Gasteiger partial charge in [0.2, 0.25) is 0 Å². The second-order valence-corrected chi connectivity index (χ2v) is 2.49. The minimum absolute atomic E-state index is 0.961. The van der Waals surface area contributed by atoms with Gasteiger partial charge in [0.15, 0.2) is 0 Å². The van der Waals surface area contributed by atoms with Crippen molar-refractivity contribution >= 4 is 0 Å². The first kappa shape index (κ1) is 13.3. The highest BCUT2D eigenvalue weighted by Gasteiger charge is 1.83. The molecule has 6 nitrogen and oxygen atoms in total. The van der Waals surface area contributed by atoms with Crippen LogP contribution in [0, 0.1) is 6.92 Å². The highest BCUT2D eigenvalue weighted by atomic mass is 15.4. The Hall–Kier alpha value is -1.72. The van der Waals surface area contributed by atoms with Gasteiger partial charge in [-0.25, -0.2) is 0 Å². The van der Waals surface area contributed by atoms with Crippen molar-refractivity contribution in [3.63, 3.8) is 0 Å². The van der Waals surface area contributed by atoms with Crippen molar-refractivity contribution in [2.24, 2.45) is 14.1 Å². The van der Waals surface area contributed by atoms with Gasteiger partial charge >= 0.3 is 0 Å². The largest absolute Gasteiger partial charge is 0.188 e. The molecule has 0 saturated heterocycles. The molecule has 0 aromatic carbocycles. The predicted molar refractivity (Wildman–Crippen MR) is 58.1 cm³/mol. The Labute approximate surface area is 89.9 Å². The summed E-state index contributed by atoms with van der Waals surface area (Å²) in [6.45, 7) is 5.91. The van der Waals surface area contributed by atoms with E-state index in [1.165, 1.54) is 9.59 Å². The Bertz CT molecular complexity index is 321. The van der Waals surface area contributed by atoms with E-state index in [1.807, 2.05) is 20.8 Å². The van der Waals surface area contributed by atoms with Gasteiger partial charge in [0.1, 0.15) is 0 Å². The molecule has 0 bridgehead atoms. The van der Waals surface area contributed by atoms with E-state index in [0.29, 0.717) is 0 Å². The Morgan fingerprint density at radius 1 is 0.933 bits per heavy atom. The molecule has 0 fully saturated rings. The SMILES string of the molecule is CC.Cc1cnn(C)n1.Cn1nccn1. The van der Waals surface area contributed by atoms with Crippen LogP contribution in [-0.2, 0) is 14.1 Å². The smallest absolute Gasteiger partial charge is 0.0796 e. The van der Waals surface area contributed by atoms with E-state index in [-0.39, 0.29) is 0 Å². The van der Waals surface area contributed by atoms with E-state index in [2.05, 4.69) is 20.4 Å². The molecular weight excluding hydrogens is 192 g/mol. The maximum absolute atomic E-state index is 3.92. The molecule has 0 saturated carbocycles. The Balaban J connectivity index is 0.000000227. The lowest BCUT2D eigenvalue weighted by atomic mass is 10.6. The quantitative estimate of drug-likeness (QED) is 0.650. The lowest BCUT2D eigenvalue weighted by Crippen LogP contribution is -1.90. The minimum Gasteiger partial charge on any atom is -0.188 e. The lowest BCUT2D eigenvalue weighted by molar-refractivity contribution is 0.649. The highest BCUT2D eigenvalue weighted by Crippen LogP contribution is 1.81. The van der Waals surface area contributed by atoms with Gasteiger partial charge in [-0.1, -0.05) is 13.8 Å². The topological polar surface area (TPSA) is 61.4 Å². The average Bonchev–Trinajstić information content (AvgIpc) is 2.82. The zero-order chi connectivity index (χ0) is 11.7. The van der Waals surface area contributed by atoms with Crippen LogP contribution in [0.1, 0.15) is 19.5 Å². The fourth-order valence-electron chi connectivity index (χ4n) is 0.729. The van der Waals surface area contributed by atoms with Crippen molar-refractivity contribution in [3.8, 4) is 0 Å². The molecule has 6 heteroatoms. The molecule has 2 rings (SSSR count). The van der Waals surface area contributed by atoms with Crippen molar-refractivity contribution in [3.05, 3.63) is 24.3 Å². The Kier molecular flexibility index (Phi) is 6.78. The summed E-state index contributed by atoms with van der Waals surface area (Å²) >= 11 is 0. The Morgan fingerprint density at radius 3 is 1.60 bits per heavy atom. The van der Waals surface area contributed by atoms with Crippen LogP contribution >= 0.6 is 0 Å². The summed E-state index contributed by atoms with van der Waals surface area (Å²) in [5.41, 5.74) is 0.961. The molecule has 84 valence electrons. The van der Waals surface area contributed by atoms with E-state index in [1.54, 1.807) is 32.7 Å². The summed E-state index contributed by atoms with van der Waals surface area (Å²) in [7, 11) is 3.58.